The molecule has 0 spiro atoms. The van der Waals surface area contributed by atoms with Gasteiger partial charge in [0, 0.05) is 18.7 Å². The number of pyridine rings is 1. The monoisotopic (exact) mass is 283 g/mol. The summed E-state index contributed by atoms with van der Waals surface area (Å²) in [4.78, 5) is 4.06. The molecule has 0 saturated heterocycles. The third kappa shape index (κ3) is 4.05. The SMILES string of the molecule is CCCNc1nc(NC2CCCCCC2)c(F)cc1F. The minimum atomic E-state index is -0.637. The number of hydrogen-bond donors (Lipinski definition) is 2. The number of rotatable bonds is 5. The van der Waals surface area contributed by atoms with Crippen LogP contribution in [0.25, 0.3) is 0 Å². The lowest BCUT2D eigenvalue weighted by molar-refractivity contribution is 0.566. The Balaban J connectivity index is 2.09. The van der Waals surface area contributed by atoms with Crippen LogP contribution in [0.15, 0.2) is 6.07 Å². The first-order valence-electron chi connectivity index (χ1n) is 7.57. The zero-order valence-electron chi connectivity index (χ0n) is 12.0. The number of hydrogen-bond acceptors (Lipinski definition) is 3. The Labute approximate surface area is 119 Å². The van der Waals surface area contributed by atoms with Crippen LogP contribution in [0.5, 0.6) is 0 Å². The lowest BCUT2D eigenvalue weighted by Crippen LogP contribution is -2.20. The van der Waals surface area contributed by atoms with Crippen molar-refractivity contribution in [3.63, 3.8) is 0 Å². The summed E-state index contributed by atoms with van der Waals surface area (Å²) in [7, 11) is 0. The Morgan fingerprint density at radius 2 is 1.75 bits per heavy atom. The highest BCUT2D eigenvalue weighted by atomic mass is 19.1. The Bertz CT molecular complexity index is 429. The minimum Gasteiger partial charge on any atom is -0.368 e. The van der Waals surface area contributed by atoms with Crippen molar-refractivity contribution in [1.29, 1.82) is 0 Å². The summed E-state index contributed by atoms with van der Waals surface area (Å²) < 4.78 is 27.4. The van der Waals surface area contributed by atoms with Crippen molar-refractivity contribution >= 4 is 11.6 Å². The van der Waals surface area contributed by atoms with Crippen molar-refractivity contribution in [2.45, 2.75) is 57.9 Å². The minimum absolute atomic E-state index is 0.129. The molecular formula is C15H23F2N3. The molecule has 0 aromatic carbocycles. The van der Waals surface area contributed by atoms with Gasteiger partial charge in [-0.3, -0.25) is 0 Å². The predicted molar refractivity (Wildman–Crippen MR) is 78.0 cm³/mol. The van der Waals surface area contributed by atoms with Gasteiger partial charge in [-0.1, -0.05) is 32.6 Å². The van der Waals surface area contributed by atoms with E-state index in [1.165, 1.54) is 12.8 Å². The second kappa shape index (κ2) is 7.41. The smallest absolute Gasteiger partial charge is 0.168 e. The molecule has 0 atom stereocenters. The van der Waals surface area contributed by atoms with E-state index in [-0.39, 0.29) is 17.7 Å². The largest absolute Gasteiger partial charge is 0.368 e. The molecule has 5 heteroatoms. The summed E-state index contributed by atoms with van der Waals surface area (Å²) in [6.07, 6.45) is 7.70. The quantitative estimate of drug-likeness (QED) is 0.790. The van der Waals surface area contributed by atoms with E-state index in [1.807, 2.05) is 6.92 Å². The lowest BCUT2D eigenvalue weighted by Gasteiger charge is -2.18. The van der Waals surface area contributed by atoms with E-state index in [1.54, 1.807) is 0 Å². The summed E-state index contributed by atoms with van der Waals surface area (Å²) in [5.74, 6) is -0.961. The van der Waals surface area contributed by atoms with Gasteiger partial charge in [0.05, 0.1) is 0 Å². The van der Waals surface area contributed by atoms with E-state index in [0.29, 0.717) is 6.54 Å². The van der Waals surface area contributed by atoms with Crippen molar-refractivity contribution in [1.82, 2.24) is 4.98 Å². The Kier molecular flexibility index (Phi) is 5.56. The van der Waals surface area contributed by atoms with Crippen LogP contribution >= 0.6 is 0 Å². The molecule has 1 aliphatic rings. The van der Waals surface area contributed by atoms with E-state index in [9.17, 15) is 8.78 Å². The van der Waals surface area contributed by atoms with Crippen LogP contribution in [0.3, 0.4) is 0 Å². The molecule has 1 aliphatic carbocycles. The molecule has 3 nitrogen and oxygen atoms in total. The fraction of sp³-hybridized carbons (Fsp3) is 0.667. The van der Waals surface area contributed by atoms with Crippen LogP contribution < -0.4 is 10.6 Å². The van der Waals surface area contributed by atoms with Gasteiger partial charge in [-0.2, -0.15) is 0 Å². The molecule has 0 bridgehead atoms. The average molecular weight is 283 g/mol. The van der Waals surface area contributed by atoms with Crippen molar-refractivity contribution in [3.8, 4) is 0 Å². The molecule has 1 saturated carbocycles. The molecule has 1 aromatic heterocycles. The van der Waals surface area contributed by atoms with Gasteiger partial charge in [0.1, 0.15) is 0 Å². The lowest BCUT2D eigenvalue weighted by atomic mass is 10.1. The van der Waals surface area contributed by atoms with Crippen LogP contribution in [0.1, 0.15) is 51.9 Å². The Hall–Kier alpha value is -1.39. The average Bonchev–Trinajstić information content (AvgIpc) is 2.69. The molecule has 20 heavy (non-hydrogen) atoms. The molecule has 1 heterocycles. The Morgan fingerprint density at radius 3 is 2.40 bits per heavy atom. The molecule has 112 valence electrons. The number of nitrogens with one attached hydrogen (secondary N) is 2. The molecule has 0 aliphatic heterocycles. The van der Waals surface area contributed by atoms with E-state index >= 15 is 0 Å². The van der Waals surface area contributed by atoms with Crippen LogP contribution in [0, 0.1) is 11.6 Å². The second-order valence-corrected chi connectivity index (χ2v) is 5.41. The van der Waals surface area contributed by atoms with Crippen molar-refractivity contribution in [3.05, 3.63) is 17.7 Å². The molecule has 0 unspecified atom stereocenters. The third-order valence-corrected chi connectivity index (χ3v) is 3.67. The summed E-state index contributed by atoms with van der Waals surface area (Å²) >= 11 is 0. The van der Waals surface area contributed by atoms with Gasteiger partial charge < -0.3 is 10.6 Å². The van der Waals surface area contributed by atoms with Gasteiger partial charge in [-0.05, 0) is 19.3 Å². The second-order valence-electron chi connectivity index (χ2n) is 5.41. The van der Waals surface area contributed by atoms with Gasteiger partial charge in [0.15, 0.2) is 23.3 Å². The molecule has 2 N–H and O–H groups in total. The first kappa shape index (κ1) is 15.0. The van der Waals surface area contributed by atoms with Gasteiger partial charge in [-0.15, -0.1) is 0 Å². The maximum absolute atomic E-state index is 13.8. The fourth-order valence-corrected chi connectivity index (χ4v) is 2.55. The normalized spacial score (nSPS) is 16.8. The summed E-state index contributed by atoms with van der Waals surface area (Å²) in [6, 6.07) is 1.15. The highest BCUT2D eigenvalue weighted by molar-refractivity contribution is 5.48. The van der Waals surface area contributed by atoms with Gasteiger partial charge in [-0.25, -0.2) is 13.8 Å². The molecule has 0 radical (unpaired) electrons. The number of anilines is 2. The molecule has 1 fully saturated rings. The van der Waals surface area contributed by atoms with Gasteiger partial charge in [0.25, 0.3) is 0 Å². The highest BCUT2D eigenvalue weighted by Gasteiger charge is 2.17. The Morgan fingerprint density at radius 1 is 1.10 bits per heavy atom. The van der Waals surface area contributed by atoms with Gasteiger partial charge >= 0.3 is 0 Å². The topological polar surface area (TPSA) is 37.0 Å². The number of halogens is 2. The van der Waals surface area contributed by atoms with Crippen LogP contribution in [0.2, 0.25) is 0 Å². The standard InChI is InChI=1S/C15H23F2N3/c1-2-9-18-14-12(16)10-13(17)15(20-14)19-11-7-5-3-4-6-8-11/h10-11H,2-9H2,1H3,(H2,18,19,20). The first-order valence-corrected chi connectivity index (χ1v) is 7.57. The summed E-state index contributed by atoms with van der Waals surface area (Å²) in [5.41, 5.74) is 0. The molecule has 1 aromatic rings. The molecule has 2 rings (SSSR count). The fourth-order valence-electron chi connectivity index (χ4n) is 2.55. The zero-order chi connectivity index (χ0) is 14.4. The first-order chi connectivity index (χ1) is 9.70. The number of nitrogens with zero attached hydrogens (tertiary/aromatic N) is 1. The van der Waals surface area contributed by atoms with E-state index in [0.717, 1.165) is 38.2 Å². The van der Waals surface area contributed by atoms with E-state index in [4.69, 9.17) is 0 Å². The van der Waals surface area contributed by atoms with Crippen molar-refractivity contribution < 1.29 is 8.78 Å². The van der Waals surface area contributed by atoms with Gasteiger partial charge in [0.2, 0.25) is 0 Å². The maximum atomic E-state index is 13.8. The van der Waals surface area contributed by atoms with Crippen molar-refractivity contribution in [2.24, 2.45) is 0 Å². The van der Waals surface area contributed by atoms with Crippen LogP contribution in [0.4, 0.5) is 20.4 Å². The van der Waals surface area contributed by atoms with Crippen LogP contribution in [-0.2, 0) is 0 Å². The predicted octanol–water partition coefficient (Wildman–Crippen LogP) is 4.32. The molecular weight excluding hydrogens is 260 g/mol. The van der Waals surface area contributed by atoms with Crippen LogP contribution in [-0.4, -0.2) is 17.6 Å². The zero-order valence-corrected chi connectivity index (χ0v) is 12.0. The van der Waals surface area contributed by atoms with E-state index in [2.05, 4.69) is 15.6 Å². The third-order valence-electron chi connectivity index (χ3n) is 3.67. The summed E-state index contributed by atoms with van der Waals surface area (Å²) in [5, 5.41) is 6.03. The number of aromatic nitrogens is 1. The van der Waals surface area contributed by atoms with Crippen molar-refractivity contribution in [2.75, 3.05) is 17.2 Å². The van der Waals surface area contributed by atoms with E-state index < -0.39 is 11.6 Å². The molecule has 0 amide bonds. The summed E-state index contributed by atoms with van der Waals surface area (Å²) in [6.45, 7) is 2.61. The maximum Gasteiger partial charge on any atom is 0.168 e. The highest BCUT2D eigenvalue weighted by Crippen LogP contribution is 2.24.